The topological polar surface area (TPSA) is 88.2 Å². The molecule has 0 radical (unpaired) electrons. The van der Waals surface area contributed by atoms with Crippen molar-refractivity contribution in [2.75, 3.05) is 32.5 Å². The van der Waals surface area contributed by atoms with E-state index in [9.17, 15) is 14.7 Å². The Kier molecular flexibility index (Phi) is 11.3. The van der Waals surface area contributed by atoms with Crippen molar-refractivity contribution in [3.63, 3.8) is 0 Å². The number of nitrogens with zero attached hydrogens (tertiary/aromatic N) is 3. The number of likely N-dealkylation sites (tertiary alicyclic amines) is 1. The summed E-state index contributed by atoms with van der Waals surface area (Å²) in [5.41, 5.74) is 1.86. The molecule has 3 N–H and O–H groups in total. The Morgan fingerprint density at radius 2 is 1.48 bits per heavy atom. The maximum Gasteiger partial charge on any atom is 0.319 e. The fourth-order valence-corrected chi connectivity index (χ4v) is 7.49. The van der Waals surface area contributed by atoms with Gasteiger partial charge in [-0.3, -0.25) is 4.79 Å². The zero-order valence-electron chi connectivity index (χ0n) is 26.4. The molecule has 0 aromatic heterocycles. The van der Waals surface area contributed by atoms with Gasteiger partial charge in [-0.05, 0) is 87.6 Å². The van der Waals surface area contributed by atoms with Gasteiger partial charge in [0.15, 0.2) is 0 Å². The summed E-state index contributed by atoms with van der Waals surface area (Å²) in [6.07, 6.45) is 11.9. The second-order valence-electron chi connectivity index (χ2n) is 13.2. The number of urea groups is 1. The van der Waals surface area contributed by atoms with Gasteiger partial charge in [0.05, 0.1) is 11.7 Å². The summed E-state index contributed by atoms with van der Waals surface area (Å²) in [6.45, 7) is 1.34. The minimum Gasteiger partial charge on any atom is -0.506 e. The quantitative estimate of drug-likeness (QED) is 0.286. The van der Waals surface area contributed by atoms with Crippen molar-refractivity contribution in [3.05, 3.63) is 59.1 Å². The van der Waals surface area contributed by atoms with Gasteiger partial charge in [0, 0.05) is 56.4 Å². The van der Waals surface area contributed by atoms with E-state index in [0.29, 0.717) is 36.6 Å². The molecule has 0 spiro atoms. The highest BCUT2D eigenvalue weighted by molar-refractivity contribution is 6.30. The first-order valence-corrected chi connectivity index (χ1v) is 17.0. The molecule has 3 amide bonds. The van der Waals surface area contributed by atoms with E-state index in [1.54, 1.807) is 11.0 Å². The van der Waals surface area contributed by atoms with E-state index in [-0.39, 0.29) is 35.8 Å². The van der Waals surface area contributed by atoms with Gasteiger partial charge in [-0.1, -0.05) is 55.1 Å². The van der Waals surface area contributed by atoms with E-state index < -0.39 is 0 Å². The van der Waals surface area contributed by atoms with Crippen LogP contribution in [0.15, 0.2) is 48.5 Å². The molecule has 0 bridgehead atoms. The van der Waals surface area contributed by atoms with Crippen LogP contribution in [0.4, 0.5) is 10.5 Å². The fourth-order valence-electron chi connectivity index (χ4n) is 7.36. The Labute approximate surface area is 268 Å². The third-order valence-electron chi connectivity index (χ3n) is 9.82. The Balaban J connectivity index is 1.21. The molecule has 8 nitrogen and oxygen atoms in total. The predicted octanol–water partition coefficient (Wildman–Crippen LogP) is 6.28. The fraction of sp³-hybridized carbons (Fsp3) is 0.600. The molecule has 1 heterocycles. The van der Waals surface area contributed by atoms with E-state index in [4.69, 9.17) is 11.6 Å². The first kappa shape index (κ1) is 32.4. The number of amides is 3. The summed E-state index contributed by atoms with van der Waals surface area (Å²) in [4.78, 5) is 33.3. The van der Waals surface area contributed by atoms with E-state index in [0.717, 1.165) is 62.6 Å². The summed E-state index contributed by atoms with van der Waals surface area (Å²) >= 11 is 6.16. The maximum atomic E-state index is 14.1. The van der Waals surface area contributed by atoms with Gasteiger partial charge in [0.1, 0.15) is 5.75 Å². The molecule has 5 rings (SSSR count). The predicted molar refractivity (Wildman–Crippen MR) is 177 cm³/mol. The normalized spacial score (nSPS) is 22.3. The average molecular weight is 624 g/mol. The molecular weight excluding hydrogens is 574 g/mol. The number of piperidine rings is 1. The molecule has 1 aliphatic heterocycles. The zero-order chi connectivity index (χ0) is 31.1. The lowest BCUT2D eigenvalue weighted by molar-refractivity contribution is -0.135. The summed E-state index contributed by atoms with van der Waals surface area (Å²) in [5.74, 6) is 0.425. The van der Waals surface area contributed by atoms with Gasteiger partial charge < -0.3 is 30.4 Å². The molecule has 3 fully saturated rings. The number of hydrogen-bond donors (Lipinski definition) is 3. The summed E-state index contributed by atoms with van der Waals surface area (Å²) in [5, 5.41) is 18.1. The number of phenolic OH excluding ortho intramolecular Hbond substituents is 1. The van der Waals surface area contributed by atoms with Crippen molar-refractivity contribution in [3.8, 4) is 5.75 Å². The van der Waals surface area contributed by atoms with Crippen LogP contribution in [-0.2, 0) is 11.2 Å². The molecule has 240 valence electrons. The number of halogens is 1. The van der Waals surface area contributed by atoms with E-state index in [1.165, 1.54) is 19.3 Å². The van der Waals surface area contributed by atoms with Crippen molar-refractivity contribution in [1.82, 2.24) is 20.0 Å². The molecule has 44 heavy (non-hydrogen) atoms. The van der Waals surface area contributed by atoms with Gasteiger partial charge in [0.25, 0.3) is 0 Å². The summed E-state index contributed by atoms with van der Waals surface area (Å²) < 4.78 is 0. The monoisotopic (exact) mass is 623 g/mol. The Hall–Kier alpha value is -2.97. The Morgan fingerprint density at radius 1 is 0.864 bits per heavy atom. The van der Waals surface area contributed by atoms with E-state index >= 15 is 0 Å². The Bertz CT molecular complexity index is 1220. The number of anilines is 1. The van der Waals surface area contributed by atoms with Gasteiger partial charge in [0.2, 0.25) is 5.91 Å². The molecule has 1 saturated heterocycles. The summed E-state index contributed by atoms with van der Waals surface area (Å²) in [7, 11) is 3.69. The van der Waals surface area contributed by atoms with Gasteiger partial charge in [-0.25, -0.2) is 4.79 Å². The van der Waals surface area contributed by atoms with E-state index in [2.05, 4.69) is 15.5 Å². The number of nitrogens with one attached hydrogen (secondary N) is 2. The second kappa shape index (κ2) is 15.3. The van der Waals surface area contributed by atoms with Crippen molar-refractivity contribution in [2.24, 2.45) is 0 Å². The smallest absolute Gasteiger partial charge is 0.319 e. The van der Waals surface area contributed by atoms with Crippen molar-refractivity contribution >= 4 is 29.2 Å². The number of carbonyl (C=O) groups is 2. The van der Waals surface area contributed by atoms with Crippen LogP contribution in [0.5, 0.6) is 5.75 Å². The molecule has 2 saturated carbocycles. The third kappa shape index (κ3) is 8.39. The summed E-state index contributed by atoms with van der Waals surface area (Å²) in [6, 6.07) is 16.0. The second-order valence-corrected chi connectivity index (χ2v) is 13.6. The highest BCUT2D eigenvalue weighted by atomic mass is 35.5. The molecule has 2 aliphatic carbocycles. The van der Waals surface area contributed by atoms with Crippen LogP contribution >= 0.6 is 11.6 Å². The van der Waals surface area contributed by atoms with Crippen LogP contribution in [0.2, 0.25) is 5.02 Å². The largest absolute Gasteiger partial charge is 0.506 e. The lowest BCUT2D eigenvalue weighted by Crippen LogP contribution is -2.58. The van der Waals surface area contributed by atoms with Crippen LogP contribution in [0.3, 0.4) is 0 Å². The van der Waals surface area contributed by atoms with Crippen LogP contribution in [0.25, 0.3) is 0 Å². The first-order valence-electron chi connectivity index (χ1n) is 16.6. The van der Waals surface area contributed by atoms with Crippen molar-refractivity contribution in [2.45, 2.75) is 107 Å². The van der Waals surface area contributed by atoms with Gasteiger partial charge in [-0.2, -0.15) is 0 Å². The SMILES string of the molecule is CN(C)C(=O)N(C1CCCCC1)C1CCN(C(=O)[C@@H](Cc2ccc(Cl)cc2)N[C@H]2CC[C@H](Nc3ccccc3O)CC2)CC1. The van der Waals surface area contributed by atoms with Crippen LogP contribution in [0.1, 0.15) is 76.2 Å². The minimum absolute atomic E-state index is 0.108. The first-order chi connectivity index (χ1) is 21.3. The highest BCUT2D eigenvalue weighted by Gasteiger charge is 2.37. The minimum atomic E-state index is -0.321. The van der Waals surface area contributed by atoms with Gasteiger partial charge >= 0.3 is 6.03 Å². The molecule has 2 aromatic rings. The van der Waals surface area contributed by atoms with Crippen LogP contribution in [-0.4, -0.2) is 89.1 Å². The average Bonchev–Trinajstić information content (AvgIpc) is 3.04. The molecule has 2 aromatic carbocycles. The van der Waals surface area contributed by atoms with Crippen LogP contribution in [0, 0.1) is 0 Å². The molecule has 3 aliphatic rings. The number of para-hydroxylation sites is 2. The molecule has 9 heteroatoms. The third-order valence-corrected chi connectivity index (χ3v) is 10.1. The number of carbonyl (C=O) groups excluding carboxylic acids is 2. The highest BCUT2D eigenvalue weighted by Crippen LogP contribution is 2.30. The number of hydrogen-bond acceptors (Lipinski definition) is 5. The van der Waals surface area contributed by atoms with Crippen molar-refractivity contribution in [1.29, 1.82) is 0 Å². The molecule has 1 atom stereocenters. The van der Waals surface area contributed by atoms with Crippen molar-refractivity contribution < 1.29 is 14.7 Å². The number of rotatable bonds is 9. The van der Waals surface area contributed by atoms with Gasteiger partial charge in [-0.15, -0.1) is 0 Å². The number of benzene rings is 2. The van der Waals surface area contributed by atoms with Crippen LogP contribution < -0.4 is 10.6 Å². The lowest BCUT2D eigenvalue weighted by Gasteiger charge is -2.45. The zero-order valence-corrected chi connectivity index (χ0v) is 27.1. The molecule has 0 unspecified atom stereocenters. The lowest BCUT2D eigenvalue weighted by atomic mass is 9.89. The number of aromatic hydroxyl groups is 1. The maximum absolute atomic E-state index is 14.1. The number of phenols is 1. The molecular formula is C35H50ClN5O3. The standard InChI is InChI=1S/C35H50ClN5O3/c1-39(2)35(44)41(29-8-4-3-5-9-29)30-20-22-40(23-21-30)34(43)32(24-25-12-14-26(36)15-13-25)38-28-18-16-27(17-19-28)37-31-10-6-7-11-33(31)42/h6-7,10-15,27-30,32,37-38,42H,3-5,8-9,16-24H2,1-2H3/t27-,28-,32-/m1/s1. The van der Waals surface area contributed by atoms with E-state index in [1.807, 2.05) is 61.5 Å². The Morgan fingerprint density at radius 3 is 2.11 bits per heavy atom.